The zero-order valence-electron chi connectivity index (χ0n) is 17.4. The monoisotopic (exact) mass is 410 g/mol. The first kappa shape index (κ1) is 18.4. The first-order valence-electron chi connectivity index (χ1n) is 10.6. The van der Waals surface area contributed by atoms with Gasteiger partial charge in [-0.25, -0.2) is 0 Å². The van der Waals surface area contributed by atoms with Crippen molar-refractivity contribution in [2.75, 3.05) is 25.6 Å². The topological polar surface area (TPSA) is 77.1 Å². The molecule has 0 aromatic heterocycles. The molecule has 30 heavy (non-hydrogen) atoms. The fourth-order valence-corrected chi connectivity index (χ4v) is 7.51. The average molecular weight is 410 g/mol. The van der Waals surface area contributed by atoms with Gasteiger partial charge in [-0.2, -0.15) is 0 Å². The summed E-state index contributed by atoms with van der Waals surface area (Å²) in [6, 6.07) is 8.28. The van der Waals surface area contributed by atoms with Crippen LogP contribution in [0.5, 0.6) is 0 Å². The molecule has 4 bridgehead atoms. The highest BCUT2D eigenvalue weighted by atomic mass is 16.6. The number of esters is 2. The van der Waals surface area contributed by atoms with Crippen LogP contribution in [0, 0.1) is 11.3 Å². The normalized spacial score (nSPS) is 43.3. The number of rotatable bonds is 3. The number of benzene rings is 1. The second-order valence-electron chi connectivity index (χ2n) is 9.17. The number of hydrogen-bond donors (Lipinski definition) is 1. The number of ether oxygens (including phenoxy) is 3. The zero-order chi connectivity index (χ0) is 20.9. The minimum atomic E-state index is -1.06. The van der Waals surface area contributed by atoms with Gasteiger partial charge in [-0.1, -0.05) is 29.8 Å². The van der Waals surface area contributed by atoms with Crippen LogP contribution in [0.1, 0.15) is 32.3 Å². The molecule has 158 valence electrons. The molecule has 0 unspecified atom stereocenters. The van der Waals surface area contributed by atoms with E-state index in [1.165, 1.54) is 19.6 Å². The Morgan fingerprint density at radius 1 is 1.37 bits per heavy atom. The van der Waals surface area contributed by atoms with Crippen LogP contribution >= 0.6 is 0 Å². The molecule has 1 aromatic carbocycles. The number of methoxy groups -OCH3 is 1. The molecular weight excluding hydrogens is 384 g/mol. The summed E-state index contributed by atoms with van der Waals surface area (Å²) >= 11 is 0. The first-order valence-corrected chi connectivity index (χ1v) is 10.6. The van der Waals surface area contributed by atoms with Gasteiger partial charge >= 0.3 is 11.9 Å². The van der Waals surface area contributed by atoms with Crippen molar-refractivity contribution in [1.29, 1.82) is 0 Å². The molecule has 1 spiro atoms. The van der Waals surface area contributed by atoms with Crippen molar-refractivity contribution in [3.05, 3.63) is 41.5 Å². The highest BCUT2D eigenvalue weighted by Gasteiger charge is 2.87. The number of fused-ring (bicyclic) bond motifs is 4. The van der Waals surface area contributed by atoms with E-state index in [1.807, 2.05) is 25.1 Å². The molecule has 1 N–H and O–H groups in total. The SMILES string of the molecule is CC=C1CN2[C@@H]3C[C@]45c6ccccc6N[C@@]4(O3)[C@@H]2C[C@@H]1[C@@]5(COC(C)=O)C(=O)OC. The van der Waals surface area contributed by atoms with Crippen LogP contribution in [-0.4, -0.2) is 55.1 Å². The summed E-state index contributed by atoms with van der Waals surface area (Å²) in [6.45, 7) is 4.15. The molecule has 0 amide bonds. The fraction of sp³-hybridized carbons (Fsp3) is 0.565. The van der Waals surface area contributed by atoms with E-state index in [-0.39, 0.29) is 30.8 Å². The van der Waals surface area contributed by atoms with Crippen LogP contribution in [0.4, 0.5) is 5.69 Å². The van der Waals surface area contributed by atoms with E-state index in [0.29, 0.717) is 6.42 Å². The number of hydrogen-bond acceptors (Lipinski definition) is 7. The van der Waals surface area contributed by atoms with Gasteiger partial charge in [-0.15, -0.1) is 0 Å². The third kappa shape index (κ3) is 1.70. The highest BCUT2D eigenvalue weighted by Crippen LogP contribution is 2.76. The summed E-state index contributed by atoms with van der Waals surface area (Å²) < 4.78 is 17.9. The van der Waals surface area contributed by atoms with Crippen molar-refractivity contribution < 1.29 is 23.8 Å². The van der Waals surface area contributed by atoms with Gasteiger partial charge in [0, 0.05) is 31.5 Å². The van der Waals surface area contributed by atoms with Gasteiger partial charge in [-0.3, -0.25) is 14.5 Å². The summed E-state index contributed by atoms with van der Waals surface area (Å²) in [5.74, 6) is -0.804. The lowest BCUT2D eigenvalue weighted by Crippen LogP contribution is -2.78. The predicted molar refractivity (Wildman–Crippen MR) is 107 cm³/mol. The number of para-hydroxylation sites is 1. The Bertz CT molecular complexity index is 1010. The maximum absolute atomic E-state index is 13.8. The van der Waals surface area contributed by atoms with E-state index in [2.05, 4.69) is 22.4 Å². The molecule has 7 nitrogen and oxygen atoms in total. The van der Waals surface area contributed by atoms with Crippen molar-refractivity contribution in [1.82, 2.24) is 4.90 Å². The lowest BCUT2D eigenvalue weighted by Gasteiger charge is -2.64. The van der Waals surface area contributed by atoms with Crippen LogP contribution < -0.4 is 5.32 Å². The molecule has 7 heteroatoms. The standard InChI is InChI=1S/C23H26N2O5/c1-4-14-11-25-18-9-16(14)21(20(27)28-3,12-29-13(2)26)22-10-19(25)30-23(18,22)24-17-8-6-5-7-15(17)22/h4-8,16,18-19,24H,9-12H2,1-3H3/t16-,18-,19-,21-,22+,23+/m0/s1. The van der Waals surface area contributed by atoms with Gasteiger partial charge in [0.15, 0.2) is 5.72 Å². The molecule has 6 rings (SSSR count). The largest absolute Gasteiger partial charge is 0.468 e. The van der Waals surface area contributed by atoms with E-state index in [0.717, 1.165) is 24.2 Å². The second-order valence-corrected chi connectivity index (χ2v) is 9.17. The summed E-state index contributed by atoms with van der Waals surface area (Å²) in [5, 5.41) is 3.70. The molecule has 1 saturated carbocycles. The lowest BCUT2D eigenvalue weighted by atomic mass is 9.42. The van der Waals surface area contributed by atoms with Gasteiger partial charge in [0.05, 0.1) is 18.6 Å². The van der Waals surface area contributed by atoms with Crippen LogP contribution in [0.3, 0.4) is 0 Å². The summed E-state index contributed by atoms with van der Waals surface area (Å²) in [5.41, 5.74) is 0.775. The van der Waals surface area contributed by atoms with Crippen LogP contribution in [0.15, 0.2) is 35.9 Å². The van der Waals surface area contributed by atoms with E-state index in [4.69, 9.17) is 14.2 Å². The van der Waals surface area contributed by atoms with Crippen LogP contribution in [0.2, 0.25) is 0 Å². The van der Waals surface area contributed by atoms with Crippen molar-refractivity contribution in [2.24, 2.45) is 11.3 Å². The maximum atomic E-state index is 13.8. The van der Waals surface area contributed by atoms with E-state index >= 15 is 0 Å². The van der Waals surface area contributed by atoms with E-state index in [9.17, 15) is 9.59 Å². The Balaban J connectivity index is 1.69. The number of piperidine rings is 2. The Labute approximate surface area is 175 Å². The molecule has 4 aliphatic heterocycles. The van der Waals surface area contributed by atoms with E-state index < -0.39 is 22.5 Å². The summed E-state index contributed by atoms with van der Waals surface area (Å²) in [6.07, 6.45) is 3.45. The lowest BCUT2D eigenvalue weighted by molar-refractivity contribution is -0.196. The minimum absolute atomic E-state index is 0.0163. The van der Waals surface area contributed by atoms with Gasteiger partial charge in [-0.05, 0) is 25.0 Å². The number of carbonyl (C=O) groups is 2. The maximum Gasteiger partial charge on any atom is 0.317 e. The number of anilines is 1. The van der Waals surface area contributed by atoms with Gasteiger partial charge in [0.1, 0.15) is 18.2 Å². The zero-order valence-corrected chi connectivity index (χ0v) is 17.4. The molecule has 4 fully saturated rings. The van der Waals surface area contributed by atoms with Gasteiger partial charge in [0.25, 0.3) is 0 Å². The van der Waals surface area contributed by atoms with Crippen molar-refractivity contribution in [2.45, 2.75) is 50.1 Å². The highest BCUT2D eigenvalue weighted by molar-refractivity contribution is 5.86. The van der Waals surface area contributed by atoms with E-state index in [1.54, 1.807) is 0 Å². The first-order chi connectivity index (χ1) is 14.4. The molecule has 5 aliphatic rings. The predicted octanol–water partition coefficient (Wildman–Crippen LogP) is 2.18. The number of allylic oxidation sites excluding steroid dienone is 1. The van der Waals surface area contributed by atoms with Crippen molar-refractivity contribution in [3.63, 3.8) is 0 Å². The quantitative estimate of drug-likeness (QED) is 0.605. The molecule has 1 aromatic rings. The number of nitrogens with one attached hydrogen (secondary N) is 1. The summed E-state index contributed by atoms with van der Waals surface area (Å²) in [7, 11) is 1.43. The molecule has 3 saturated heterocycles. The smallest absolute Gasteiger partial charge is 0.317 e. The Hall–Kier alpha value is -2.38. The Kier molecular flexibility index (Phi) is 3.46. The molecule has 0 radical (unpaired) electrons. The van der Waals surface area contributed by atoms with Crippen LogP contribution in [-0.2, 0) is 29.2 Å². The van der Waals surface area contributed by atoms with Crippen molar-refractivity contribution in [3.8, 4) is 0 Å². The van der Waals surface area contributed by atoms with Crippen molar-refractivity contribution >= 4 is 17.6 Å². The molecule has 1 aliphatic carbocycles. The minimum Gasteiger partial charge on any atom is -0.468 e. The Morgan fingerprint density at radius 2 is 2.17 bits per heavy atom. The molecular formula is C23H26N2O5. The number of carbonyl (C=O) groups excluding carboxylic acids is 2. The number of nitrogens with zero attached hydrogens (tertiary/aromatic N) is 1. The summed E-state index contributed by atoms with van der Waals surface area (Å²) in [4.78, 5) is 28.2. The second kappa shape index (κ2) is 5.65. The Morgan fingerprint density at radius 3 is 2.90 bits per heavy atom. The fourth-order valence-electron chi connectivity index (χ4n) is 7.51. The third-order valence-corrected chi connectivity index (χ3v) is 8.44. The average Bonchev–Trinajstić information content (AvgIpc) is 3.35. The third-order valence-electron chi connectivity index (χ3n) is 8.44. The van der Waals surface area contributed by atoms with Gasteiger partial charge < -0.3 is 19.5 Å². The molecule has 6 atom stereocenters. The van der Waals surface area contributed by atoms with Gasteiger partial charge in [0.2, 0.25) is 0 Å². The van der Waals surface area contributed by atoms with Crippen LogP contribution in [0.25, 0.3) is 0 Å². The molecule has 4 heterocycles.